The molecule has 0 radical (unpaired) electrons. The van der Waals surface area contributed by atoms with Crippen LogP contribution in [0.2, 0.25) is 0 Å². The molecule has 0 bridgehead atoms. The molecule has 0 amide bonds. The molecule has 1 aliphatic heterocycles. The van der Waals surface area contributed by atoms with Gasteiger partial charge in [0.1, 0.15) is 5.82 Å². The summed E-state index contributed by atoms with van der Waals surface area (Å²) in [6.07, 6.45) is 2.11. The van der Waals surface area contributed by atoms with E-state index >= 15 is 0 Å². The molecule has 1 aliphatic rings. The molecule has 144 valence electrons. The number of Topliss-reactive ketones (excluding diaryl/α,β-unsaturated/α-hetero) is 1. The lowest BCUT2D eigenvalue weighted by molar-refractivity contribution is 0.0953. The van der Waals surface area contributed by atoms with Crippen molar-refractivity contribution in [2.24, 2.45) is 0 Å². The summed E-state index contributed by atoms with van der Waals surface area (Å²) in [6.45, 7) is 1.37. The average Bonchev–Trinajstić information content (AvgIpc) is 3.38. The number of thioether (sulfide) groups is 1. The van der Waals surface area contributed by atoms with Crippen LogP contribution >= 0.6 is 11.8 Å². The van der Waals surface area contributed by atoms with Gasteiger partial charge in [0.25, 0.3) is 0 Å². The van der Waals surface area contributed by atoms with Gasteiger partial charge in [-0.1, -0.05) is 42.1 Å². The van der Waals surface area contributed by atoms with Gasteiger partial charge < -0.3 is 4.74 Å². The predicted molar refractivity (Wildman–Crippen MR) is 106 cm³/mol. The second-order valence-electron chi connectivity index (χ2n) is 6.64. The number of halogens is 1. The highest BCUT2D eigenvalue weighted by Gasteiger charge is 2.22. The van der Waals surface area contributed by atoms with E-state index in [0.717, 1.165) is 25.0 Å². The SMILES string of the molecule is O=C(CSc1nnc(-c2ccc(F)cc2)n1CC1CCCO1)c1ccccc1. The molecule has 1 fully saturated rings. The van der Waals surface area contributed by atoms with E-state index in [9.17, 15) is 9.18 Å². The van der Waals surface area contributed by atoms with Crippen molar-refractivity contribution >= 4 is 17.5 Å². The fourth-order valence-electron chi connectivity index (χ4n) is 3.20. The number of carbonyl (C=O) groups is 1. The standard InChI is InChI=1S/C21H20FN3O2S/c22-17-10-8-16(9-11-17)20-23-24-21(25(20)13-18-7-4-12-27-18)28-14-19(26)15-5-2-1-3-6-15/h1-3,5-6,8-11,18H,4,7,12-14H2. The Hall–Kier alpha value is -2.51. The Morgan fingerprint density at radius 1 is 1.14 bits per heavy atom. The minimum atomic E-state index is -0.294. The summed E-state index contributed by atoms with van der Waals surface area (Å²) in [4.78, 5) is 12.4. The van der Waals surface area contributed by atoms with Crippen LogP contribution in [0, 0.1) is 5.82 Å². The molecule has 1 atom stereocenters. The Bertz CT molecular complexity index is 938. The highest BCUT2D eigenvalue weighted by Crippen LogP contribution is 2.27. The number of carbonyl (C=O) groups excluding carboxylic acids is 1. The van der Waals surface area contributed by atoms with Crippen molar-refractivity contribution in [2.75, 3.05) is 12.4 Å². The summed E-state index contributed by atoms with van der Waals surface area (Å²) >= 11 is 1.36. The molecule has 2 aromatic carbocycles. The van der Waals surface area contributed by atoms with Crippen LogP contribution in [-0.4, -0.2) is 39.0 Å². The van der Waals surface area contributed by atoms with Gasteiger partial charge >= 0.3 is 0 Å². The third-order valence-electron chi connectivity index (χ3n) is 4.66. The monoisotopic (exact) mass is 397 g/mol. The van der Waals surface area contributed by atoms with E-state index in [2.05, 4.69) is 10.2 Å². The van der Waals surface area contributed by atoms with Gasteiger partial charge in [0.15, 0.2) is 16.8 Å². The Morgan fingerprint density at radius 3 is 2.64 bits per heavy atom. The number of ketones is 1. The third kappa shape index (κ3) is 4.31. The molecule has 5 nitrogen and oxygen atoms in total. The van der Waals surface area contributed by atoms with Crippen LogP contribution in [0.5, 0.6) is 0 Å². The topological polar surface area (TPSA) is 57.0 Å². The Morgan fingerprint density at radius 2 is 1.93 bits per heavy atom. The molecule has 1 saturated heterocycles. The van der Waals surface area contributed by atoms with Crippen molar-refractivity contribution in [3.63, 3.8) is 0 Å². The van der Waals surface area contributed by atoms with Crippen LogP contribution in [0.3, 0.4) is 0 Å². The molecule has 0 saturated carbocycles. The zero-order chi connectivity index (χ0) is 19.3. The molecule has 7 heteroatoms. The molecule has 0 spiro atoms. The van der Waals surface area contributed by atoms with Crippen LogP contribution in [0.25, 0.3) is 11.4 Å². The zero-order valence-electron chi connectivity index (χ0n) is 15.3. The predicted octanol–water partition coefficient (Wildman–Crippen LogP) is 4.24. The number of hydrogen-bond acceptors (Lipinski definition) is 5. The highest BCUT2D eigenvalue weighted by atomic mass is 32.2. The summed E-state index contributed by atoms with van der Waals surface area (Å²) in [7, 11) is 0. The number of benzene rings is 2. The van der Waals surface area contributed by atoms with E-state index in [1.54, 1.807) is 12.1 Å². The molecular weight excluding hydrogens is 377 g/mol. The fourth-order valence-corrected chi connectivity index (χ4v) is 4.04. The second-order valence-corrected chi connectivity index (χ2v) is 7.58. The van der Waals surface area contributed by atoms with E-state index in [0.29, 0.717) is 23.1 Å². The first-order chi connectivity index (χ1) is 13.7. The van der Waals surface area contributed by atoms with E-state index in [4.69, 9.17) is 4.74 Å². The lowest BCUT2D eigenvalue weighted by Crippen LogP contribution is -2.17. The van der Waals surface area contributed by atoms with E-state index in [1.165, 1.54) is 23.9 Å². The molecule has 0 aliphatic carbocycles. The van der Waals surface area contributed by atoms with Crippen molar-refractivity contribution < 1.29 is 13.9 Å². The van der Waals surface area contributed by atoms with Gasteiger partial charge in [-0.2, -0.15) is 0 Å². The molecule has 3 aromatic rings. The normalized spacial score (nSPS) is 16.4. The molecule has 1 unspecified atom stereocenters. The largest absolute Gasteiger partial charge is 0.376 e. The third-order valence-corrected chi connectivity index (χ3v) is 5.62. The molecule has 4 rings (SSSR count). The number of aromatic nitrogens is 3. The highest BCUT2D eigenvalue weighted by molar-refractivity contribution is 7.99. The van der Waals surface area contributed by atoms with Crippen LogP contribution in [-0.2, 0) is 11.3 Å². The van der Waals surface area contributed by atoms with E-state index in [-0.39, 0.29) is 23.5 Å². The summed E-state index contributed by atoms with van der Waals surface area (Å²) in [5.41, 5.74) is 1.46. The number of rotatable bonds is 7. The van der Waals surface area contributed by atoms with Crippen LogP contribution in [0.4, 0.5) is 4.39 Å². The van der Waals surface area contributed by atoms with Crippen molar-refractivity contribution in [3.05, 3.63) is 66.0 Å². The van der Waals surface area contributed by atoms with Crippen molar-refractivity contribution in [2.45, 2.75) is 30.6 Å². The summed E-state index contributed by atoms with van der Waals surface area (Å²) < 4.78 is 21.1. The van der Waals surface area contributed by atoms with Crippen molar-refractivity contribution in [3.8, 4) is 11.4 Å². The van der Waals surface area contributed by atoms with Gasteiger partial charge in [-0.15, -0.1) is 10.2 Å². The summed E-state index contributed by atoms with van der Waals surface area (Å²) in [5.74, 6) is 0.680. The molecule has 1 aromatic heterocycles. The number of nitrogens with zero attached hydrogens (tertiary/aromatic N) is 3. The molecule has 28 heavy (non-hydrogen) atoms. The Kier molecular flexibility index (Phi) is 5.83. The molecule has 2 heterocycles. The van der Waals surface area contributed by atoms with Crippen molar-refractivity contribution in [1.82, 2.24) is 14.8 Å². The molecule has 0 N–H and O–H groups in total. The number of ether oxygens (including phenoxy) is 1. The minimum Gasteiger partial charge on any atom is -0.376 e. The smallest absolute Gasteiger partial charge is 0.192 e. The van der Waals surface area contributed by atoms with Gasteiger partial charge in [0.2, 0.25) is 0 Å². The van der Waals surface area contributed by atoms with Gasteiger partial charge in [-0.3, -0.25) is 9.36 Å². The first-order valence-corrected chi connectivity index (χ1v) is 10.2. The maximum Gasteiger partial charge on any atom is 0.192 e. The minimum absolute atomic E-state index is 0.0422. The van der Waals surface area contributed by atoms with Crippen LogP contribution < -0.4 is 0 Å². The average molecular weight is 397 g/mol. The van der Waals surface area contributed by atoms with Crippen LogP contribution in [0.1, 0.15) is 23.2 Å². The van der Waals surface area contributed by atoms with E-state index in [1.807, 2.05) is 34.9 Å². The first kappa shape index (κ1) is 18.8. The van der Waals surface area contributed by atoms with Crippen LogP contribution in [0.15, 0.2) is 59.8 Å². The second kappa shape index (κ2) is 8.67. The maximum atomic E-state index is 13.3. The Balaban J connectivity index is 1.57. The lowest BCUT2D eigenvalue weighted by atomic mass is 10.2. The first-order valence-electron chi connectivity index (χ1n) is 9.22. The fraction of sp³-hybridized carbons (Fsp3) is 0.286. The number of hydrogen-bond donors (Lipinski definition) is 0. The lowest BCUT2D eigenvalue weighted by Gasteiger charge is -2.14. The maximum absolute atomic E-state index is 13.3. The van der Waals surface area contributed by atoms with Gasteiger partial charge in [0.05, 0.1) is 18.4 Å². The van der Waals surface area contributed by atoms with Gasteiger partial charge in [-0.25, -0.2) is 4.39 Å². The quantitative estimate of drug-likeness (QED) is 0.441. The summed E-state index contributed by atoms with van der Waals surface area (Å²) in [6, 6.07) is 15.4. The van der Waals surface area contributed by atoms with Gasteiger partial charge in [0, 0.05) is 17.7 Å². The van der Waals surface area contributed by atoms with E-state index < -0.39 is 0 Å². The summed E-state index contributed by atoms with van der Waals surface area (Å²) in [5, 5.41) is 9.27. The van der Waals surface area contributed by atoms with Crippen molar-refractivity contribution in [1.29, 1.82) is 0 Å². The zero-order valence-corrected chi connectivity index (χ0v) is 16.1. The van der Waals surface area contributed by atoms with Gasteiger partial charge in [-0.05, 0) is 37.1 Å². The Labute approximate surface area is 166 Å². The molecular formula is C21H20FN3O2S.